The van der Waals surface area contributed by atoms with Crippen LogP contribution in [0.15, 0.2) is 28.2 Å². The third-order valence-corrected chi connectivity index (χ3v) is 3.79. The van der Waals surface area contributed by atoms with Gasteiger partial charge in [0.2, 0.25) is 0 Å². The molecule has 2 N–H and O–H groups in total. The van der Waals surface area contributed by atoms with E-state index in [1.54, 1.807) is 17.5 Å². The normalized spacial score (nSPS) is 11.8. The smallest absolute Gasteiger partial charge is 0.130 e. The predicted octanol–water partition coefficient (Wildman–Crippen LogP) is 3.25. The van der Waals surface area contributed by atoms with Gasteiger partial charge >= 0.3 is 0 Å². The molecular formula is C12H14BrN3S. The molecule has 0 unspecified atom stereocenters. The standard InChI is InChI=1S/C12H14BrN3S/c1-12(2,14)7-11-15-6-5-8(16-11)9-3-4-10(13)17-9/h3-6H,7,14H2,1-2H3. The fraction of sp³-hybridized carbons (Fsp3) is 0.333. The van der Waals surface area contributed by atoms with E-state index in [1.165, 1.54) is 0 Å². The molecule has 2 aromatic heterocycles. The molecule has 0 bridgehead atoms. The molecule has 90 valence electrons. The Morgan fingerprint density at radius 1 is 1.35 bits per heavy atom. The third-order valence-electron chi connectivity index (χ3n) is 2.14. The first-order valence-electron chi connectivity index (χ1n) is 5.30. The molecule has 3 nitrogen and oxygen atoms in total. The highest BCUT2D eigenvalue weighted by atomic mass is 79.9. The Morgan fingerprint density at radius 3 is 2.71 bits per heavy atom. The molecule has 0 saturated carbocycles. The first-order valence-corrected chi connectivity index (χ1v) is 6.91. The van der Waals surface area contributed by atoms with Crippen molar-refractivity contribution >= 4 is 27.3 Å². The average molecular weight is 312 g/mol. The zero-order valence-electron chi connectivity index (χ0n) is 9.77. The summed E-state index contributed by atoms with van der Waals surface area (Å²) < 4.78 is 1.10. The Balaban J connectivity index is 2.29. The Bertz CT molecular complexity index is 516. The van der Waals surface area contributed by atoms with E-state index in [1.807, 2.05) is 26.0 Å². The van der Waals surface area contributed by atoms with Crippen LogP contribution in [0.25, 0.3) is 10.6 Å². The SMILES string of the molecule is CC(C)(N)Cc1nccc(-c2ccc(Br)s2)n1. The minimum Gasteiger partial charge on any atom is -0.325 e. The third kappa shape index (κ3) is 3.59. The minimum absolute atomic E-state index is 0.283. The summed E-state index contributed by atoms with van der Waals surface area (Å²) in [7, 11) is 0. The highest BCUT2D eigenvalue weighted by Gasteiger charge is 2.14. The first-order chi connectivity index (χ1) is 7.94. The molecule has 2 rings (SSSR count). The van der Waals surface area contributed by atoms with Gasteiger partial charge in [0.1, 0.15) is 5.82 Å². The van der Waals surface area contributed by atoms with Crippen molar-refractivity contribution in [2.75, 3.05) is 0 Å². The van der Waals surface area contributed by atoms with E-state index in [4.69, 9.17) is 5.73 Å². The van der Waals surface area contributed by atoms with E-state index < -0.39 is 0 Å². The lowest BCUT2D eigenvalue weighted by Gasteiger charge is -2.16. The fourth-order valence-electron chi connectivity index (χ4n) is 1.48. The van der Waals surface area contributed by atoms with Crippen LogP contribution in [0.4, 0.5) is 0 Å². The van der Waals surface area contributed by atoms with Crippen LogP contribution in [-0.4, -0.2) is 15.5 Å². The van der Waals surface area contributed by atoms with Crippen molar-refractivity contribution in [1.82, 2.24) is 9.97 Å². The van der Waals surface area contributed by atoms with Gasteiger partial charge in [-0.15, -0.1) is 11.3 Å². The van der Waals surface area contributed by atoms with Gasteiger partial charge in [0.25, 0.3) is 0 Å². The lowest BCUT2D eigenvalue weighted by Crippen LogP contribution is -2.35. The van der Waals surface area contributed by atoms with Gasteiger partial charge < -0.3 is 5.73 Å². The molecule has 0 spiro atoms. The molecule has 2 aromatic rings. The molecule has 0 aromatic carbocycles. The van der Waals surface area contributed by atoms with Gasteiger partial charge in [-0.3, -0.25) is 0 Å². The van der Waals surface area contributed by atoms with Gasteiger partial charge in [-0.25, -0.2) is 9.97 Å². The molecule has 0 fully saturated rings. The number of hydrogen-bond acceptors (Lipinski definition) is 4. The van der Waals surface area contributed by atoms with Crippen molar-refractivity contribution in [3.63, 3.8) is 0 Å². The summed E-state index contributed by atoms with van der Waals surface area (Å²) in [4.78, 5) is 9.93. The van der Waals surface area contributed by atoms with E-state index in [-0.39, 0.29) is 5.54 Å². The summed E-state index contributed by atoms with van der Waals surface area (Å²) >= 11 is 5.11. The maximum Gasteiger partial charge on any atom is 0.130 e. The van der Waals surface area contributed by atoms with Gasteiger partial charge in [-0.1, -0.05) is 0 Å². The largest absolute Gasteiger partial charge is 0.325 e. The van der Waals surface area contributed by atoms with Crippen LogP contribution in [0, 0.1) is 0 Å². The van der Waals surface area contributed by atoms with Gasteiger partial charge in [-0.05, 0) is 48.0 Å². The number of aromatic nitrogens is 2. The van der Waals surface area contributed by atoms with E-state index in [0.29, 0.717) is 6.42 Å². The van der Waals surface area contributed by atoms with Gasteiger partial charge in [0.15, 0.2) is 0 Å². The number of rotatable bonds is 3. The summed E-state index contributed by atoms with van der Waals surface area (Å²) in [6, 6.07) is 5.99. The quantitative estimate of drug-likeness (QED) is 0.946. The summed E-state index contributed by atoms with van der Waals surface area (Å²) in [6.07, 6.45) is 2.46. The lowest BCUT2D eigenvalue weighted by molar-refractivity contribution is 0.502. The van der Waals surface area contributed by atoms with Crippen LogP contribution in [0.3, 0.4) is 0 Å². The van der Waals surface area contributed by atoms with E-state index in [2.05, 4.69) is 32.0 Å². The highest BCUT2D eigenvalue weighted by Crippen LogP contribution is 2.29. The lowest BCUT2D eigenvalue weighted by atomic mass is 10.0. The van der Waals surface area contributed by atoms with E-state index in [9.17, 15) is 0 Å². The Hall–Kier alpha value is -0.780. The Morgan fingerprint density at radius 2 is 2.12 bits per heavy atom. The second-order valence-corrected chi connectivity index (χ2v) is 7.09. The van der Waals surface area contributed by atoms with Gasteiger partial charge in [0, 0.05) is 18.2 Å². The number of hydrogen-bond donors (Lipinski definition) is 1. The monoisotopic (exact) mass is 311 g/mol. The Labute approximate surface area is 113 Å². The number of nitrogens with two attached hydrogens (primary N) is 1. The van der Waals surface area contributed by atoms with Crippen LogP contribution < -0.4 is 5.73 Å². The second-order valence-electron chi connectivity index (χ2n) is 4.63. The van der Waals surface area contributed by atoms with Crippen LogP contribution in [-0.2, 0) is 6.42 Å². The topological polar surface area (TPSA) is 51.8 Å². The van der Waals surface area contributed by atoms with Crippen LogP contribution in [0.2, 0.25) is 0 Å². The molecule has 17 heavy (non-hydrogen) atoms. The molecule has 0 amide bonds. The number of halogens is 1. The average Bonchev–Trinajstić information content (AvgIpc) is 2.63. The zero-order chi connectivity index (χ0) is 12.5. The predicted molar refractivity (Wildman–Crippen MR) is 75.0 cm³/mol. The van der Waals surface area contributed by atoms with Crippen LogP contribution in [0.1, 0.15) is 19.7 Å². The van der Waals surface area contributed by atoms with Crippen molar-refractivity contribution < 1.29 is 0 Å². The molecule has 0 aliphatic heterocycles. The highest BCUT2D eigenvalue weighted by molar-refractivity contribution is 9.11. The molecule has 0 radical (unpaired) electrons. The molecular weight excluding hydrogens is 298 g/mol. The fourth-order valence-corrected chi connectivity index (χ4v) is 2.84. The van der Waals surface area contributed by atoms with Crippen molar-refractivity contribution in [2.45, 2.75) is 25.8 Å². The summed E-state index contributed by atoms with van der Waals surface area (Å²) in [5.74, 6) is 0.791. The maximum atomic E-state index is 5.98. The summed E-state index contributed by atoms with van der Waals surface area (Å²) in [6.45, 7) is 3.95. The van der Waals surface area contributed by atoms with Crippen molar-refractivity contribution in [3.8, 4) is 10.6 Å². The molecule has 0 atom stereocenters. The molecule has 0 aliphatic rings. The molecule has 0 saturated heterocycles. The van der Waals surface area contributed by atoms with Gasteiger partial charge in [0.05, 0.1) is 14.4 Å². The van der Waals surface area contributed by atoms with Crippen molar-refractivity contribution in [2.24, 2.45) is 5.73 Å². The minimum atomic E-state index is -0.283. The van der Waals surface area contributed by atoms with Crippen molar-refractivity contribution in [1.29, 1.82) is 0 Å². The number of nitrogens with zero attached hydrogens (tertiary/aromatic N) is 2. The zero-order valence-corrected chi connectivity index (χ0v) is 12.2. The molecule has 2 heterocycles. The second kappa shape index (κ2) is 4.84. The van der Waals surface area contributed by atoms with Crippen molar-refractivity contribution in [3.05, 3.63) is 34.0 Å². The molecule has 0 aliphatic carbocycles. The summed E-state index contributed by atoms with van der Waals surface area (Å²) in [5, 5.41) is 0. The number of thiophene rings is 1. The van der Waals surface area contributed by atoms with Crippen LogP contribution >= 0.6 is 27.3 Å². The van der Waals surface area contributed by atoms with Crippen LogP contribution in [0.5, 0.6) is 0 Å². The maximum absolute atomic E-state index is 5.98. The first kappa shape index (κ1) is 12.7. The van der Waals surface area contributed by atoms with Gasteiger partial charge in [-0.2, -0.15) is 0 Å². The molecule has 5 heteroatoms. The van der Waals surface area contributed by atoms with E-state index >= 15 is 0 Å². The Kier molecular flexibility index (Phi) is 3.61. The summed E-state index contributed by atoms with van der Waals surface area (Å²) in [5.41, 5.74) is 6.65. The van der Waals surface area contributed by atoms with E-state index in [0.717, 1.165) is 20.2 Å².